The highest BCUT2D eigenvalue weighted by Gasteiger charge is 2.29. The lowest BCUT2D eigenvalue weighted by Crippen LogP contribution is -2.37. The molecule has 0 fully saturated rings. The number of fused-ring (bicyclic) bond motifs is 1. The van der Waals surface area contributed by atoms with Gasteiger partial charge in [0.05, 0.1) is 6.54 Å². The lowest BCUT2D eigenvalue weighted by Gasteiger charge is -2.21. The summed E-state index contributed by atoms with van der Waals surface area (Å²) in [6, 6.07) is 22.2. The van der Waals surface area contributed by atoms with E-state index in [2.05, 4.69) is 37.3 Å². The topological polar surface area (TPSA) is 73.5 Å². The molecule has 0 atom stereocenters. The van der Waals surface area contributed by atoms with Crippen LogP contribution >= 0.6 is 0 Å². The van der Waals surface area contributed by atoms with Gasteiger partial charge >= 0.3 is 11.7 Å². The van der Waals surface area contributed by atoms with E-state index < -0.39 is 11.6 Å². The van der Waals surface area contributed by atoms with Crippen molar-refractivity contribution in [3.63, 3.8) is 0 Å². The number of aromatic nitrogens is 2. The van der Waals surface area contributed by atoms with Crippen LogP contribution in [0.2, 0.25) is 0 Å². The Morgan fingerprint density at radius 3 is 2.33 bits per heavy atom. The summed E-state index contributed by atoms with van der Waals surface area (Å²) in [5.41, 5.74) is 2.10. The molecule has 4 aromatic rings. The highest BCUT2D eigenvalue weighted by atomic mass is 16.5. The first-order valence-electron chi connectivity index (χ1n) is 12.5. The summed E-state index contributed by atoms with van der Waals surface area (Å²) in [6.45, 7) is 6.42. The number of aryl methyl sites for hydroxylation is 2. The van der Waals surface area contributed by atoms with Gasteiger partial charge in [0.25, 0.3) is 0 Å². The number of carboxylic acids is 1. The summed E-state index contributed by atoms with van der Waals surface area (Å²) in [5, 5.41) is 11.6. The molecule has 0 aliphatic rings. The van der Waals surface area contributed by atoms with E-state index in [4.69, 9.17) is 4.74 Å². The summed E-state index contributed by atoms with van der Waals surface area (Å²) >= 11 is 0. The average Bonchev–Trinajstić information content (AvgIpc) is 3.14. The van der Waals surface area contributed by atoms with Crippen molar-refractivity contribution < 1.29 is 14.6 Å². The van der Waals surface area contributed by atoms with Gasteiger partial charge in [-0.2, -0.15) is 0 Å². The maximum Gasteiger partial charge on any atom is 0.347 e. The second-order valence-corrected chi connectivity index (χ2v) is 9.78. The fourth-order valence-corrected chi connectivity index (χ4v) is 4.43. The monoisotopic (exact) mass is 486 g/mol. The molecular weight excluding hydrogens is 452 g/mol. The number of carbonyl (C=O) groups is 1. The summed E-state index contributed by atoms with van der Waals surface area (Å²) in [6.07, 6.45) is 5.49. The maximum atomic E-state index is 13.2. The minimum absolute atomic E-state index is 0.0440. The van der Waals surface area contributed by atoms with Gasteiger partial charge in [0.1, 0.15) is 5.75 Å². The molecule has 6 heteroatoms. The van der Waals surface area contributed by atoms with E-state index in [9.17, 15) is 14.7 Å². The van der Waals surface area contributed by atoms with Gasteiger partial charge in [-0.05, 0) is 79.6 Å². The Labute approximate surface area is 211 Å². The van der Waals surface area contributed by atoms with E-state index >= 15 is 0 Å². The van der Waals surface area contributed by atoms with Crippen LogP contribution in [0.15, 0.2) is 77.7 Å². The Kier molecular flexibility index (Phi) is 7.63. The van der Waals surface area contributed by atoms with E-state index in [0.717, 1.165) is 42.5 Å². The van der Waals surface area contributed by atoms with E-state index in [1.165, 1.54) is 24.6 Å². The van der Waals surface area contributed by atoms with Gasteiger partial charge in [0.2, 0.25) is 0 Å². The molecule has 1 N–H and O–H groups in total. The molecule has 0 aliphatic carbocycles. The number of aliphatic carboxylic acids is 1. The van der Waals surface area contributed by atoms with Crippen LogP contribution in [-0.4, -0.2) is 25.8 Å². The molecule has 1 heterocycles. The molecule has 1 aromatic heterocycles. The fraction of sp³-hybridized carbons (Fsp3) is 0.333. The van der Waals surface area contributed by atoms with E-state index in [1.807, 2.05) is 51.7 Å². The molecule has 0 bridgehead atoms. The molecule has 36 heavy (non-hydrogen) atoms. The first-order chi connectivity index (χ1) is 17.3. The summed E-state index contributed by atoms with van der Waals surface area (Å²) in [7, 11) is 0. The quantitative estimate of drug-likeness (QED) is 0.296. The van der Waals surface area contributed by atoms with E-state index in [1.54, 1.807) is 0 Å². The second-order valence-electron chi connectivity index (χ2n) is 9.78. The van der Waals surface area contributed by atoms with Gasteiger partial charge in [0.15, 0.2) is 5.60 Å². The van der Waals surface area contributed by atoms with Crippen LogP contribution in [0.4, 0.5) is 0 Å². The molecule has 0 unspecified atom stereocenters. The predicted octanol–water partition coefficient (Wildman–Crippen LogP) is 5.68. The lowest BCUT2D eigenvalue weighted by atomic mass is 10.1. The number of carboxylic acid groups (broad SMARTS) is 1. The molecule has 0 amide bonds. The first kappa shape index (κ1) is 25.3. The van der Waals surface area contributed by atoms with Crippen LogP contribution < -0.4 is 10.4 Å². The number of ether oxygens (including phenoxy) is 1. The smallest absolute Gasteiger partial charge is 0.347 e. The number of rotatable bonds is 11. The Morgan fingerprint density at radius 2 is 1.64 bits per heavy atom. The third-order valence-corrected chi connectivity index (χ3v) is 6.45. The van der Waals surface area contributed by atoms with Gasteiger partial charge in [-0.25, -0.2) is 9.59 Å². The van der Waals surface area contributed by atoms with Crippen LogP contribution in [0.3, 0.4) is 0 Å². The van der Waals surface area contributed by atoms with Gasteiger partial charge < -0.3 is 9.84 Å². The van der Waals surface area contributed by atoms with Crippen molar-refractivity contribution in [3.05, 3.63) is 100 Å². The van der Waals surface area contributed by atoms with Crippen molar-refractivity contribution in [1.29, 1.82) is 0 Å². The third kappa shape index (κ3) is 5.88. The van der Waals surface area contributed by atoms with Crippen molar-refractivity contribution in [2.24, 2.45) is 0 Å². The third-order valence-electron chi connectivity index (χ3n) is 6.45. The van der Waals surface area contributed by atoms with Gasteiger partial charge in [-0.3, -0.25) is 9.13 Å². The highest BCUT2D eigenvalue weighted by molar-refractivity contribution is 5.83. The summed E-state index contributed by atoms with van der Waals surface area (Å²) in [5.74, 6) is -0.467. The minimum atomic E-state index is -1.27. The van der Waals surface area contributed by atoms with Crippen LogP contribution in [0.1, 0.15) is 50.4 Å². The zero-order valence-corrected chi connectivity index (χ0v) is 21.2. The van der Waals surface area contributed by atoms with E-state index in [-0.39, 0.29) is 5.69 Å². The summed E-state index contributed by atoms with van der Waals surface area (Å²) < 4.78 is 9.32. The molecular formula is C30H34N2O4. The standard InChI is InChI=1S/C30H34N2O4/c1-4-18-32-26(11-7-8-22-13-16-27(17-14-22)36-30(2,3)28(33)34)21-31(29(32)35)20-23-12-15-24-9-5-6-10-25(24)19-23/h5-6,9-10,12-17,19,21H,4,7-8,11,18,20H2,1-3H3,(H,33,34). The second kappa shape index (κ2) is 10.9. The minimum Gasteiger partial charge on any atom is -0.478 e. The van der Waals surface area contributed by atoms with Crippen LogP contribution in [0, 0.1) is 0 Å². The fourth-order valence-electron chi connectivity index (χ4n) is 4.43. The average molecular weight is 487 g/mol. The largest absolute Gasteiger partial charge is 0.478 e. The van der Waals surface area contributed by atoms with Gasteiger partial charge in [0, 0.05) is 18.4 Å². The molecule has 0 saturated carbocycles. The number of benzene rings is 3. The Bertz CT molecular complexity index is 1400. The van der Waals surface area contributed by atoms with Crippen molar-refractivity contribution in [3.8, 4) is 5.75 Å². The maximum absolute atomic E-state index is 13.2. The highest BCUT2D eigenvalue weighted by Crippen LogP contribution is 2.21. The molecule has 3 aromatic carbocycles. The van der Waals surface area contributed by atoms with Crippen molar-refractivity contribution in [2.45, 2.75) is 65.1 Å². The zero-order valence-electron chi connectivity index (χ0n) is 21.2. The SMILES string of the molecule is CCCn1c(CCCc2ccc(OC(C)(C)C(=O)O)cc2)cn(Cc2ccc3ccccc3c2)c1=O. The molecule has 0 radical (unpaired) electrons. The number of hydrogen-bond acceptors (Lipinski definition) is 3. The van der Waals surface area contributed by atoms with E-state index in [0.29, 0.717) is 18.8 Å². The Morgan fingerprint density at radius 1 is 0.944 bits per heavy atom. The molecule has 4 rings (SSSR count). The molecule has 6 nitrogen and oxygen atoms in total. The molecule has 0 aliphatic heterocycles. The summed E-state index contributed by atoms with van der Waals surface area (Å²) in [4.78, 5) is 24.4. The van der Waals surface area contributed by atoms with Gasteiger partial charge in [-0.1, -0.05) is 55.5 Å². The predicted molar refractivity (Wildman–Crippen MR) is 143 cm³/mol. The zero-order chi connectivity index (χ0) is 25.7. The first-order valence-corrected chi connectivity index (χ1v) is 12.5. The Balaban J connectivity index is 1.42. The van der Waals surface area contributed by atoms with Gasteiger partial charge in [-0.15, -0.1) is 0 Å². The van der Waals surface area contributed by atoms with Crippen molar-refractivity contribution in [2.75, 3.05) is 0 Å². The molecule has 188 valence electrons. The van der Waals surface area contributed by atoms with Crippen LogP contribution in [0.25, 0.3) is 10.8 Å². The number of hydrogen-bond donors (Lipinski definition) is 1. The number of nitrogens with zero attached hydrogens (tertiary/aromatic N) is 2. The number of imidazole rings is 1. The van der Waals surface area contributed by atoms with Crippen molar-refractivity contribution in [1.82, 2.24) is 9.13 Å². The Hall–Kier alpha value is -3.80. The van der Waals surface area contributed by atoms with Crippen molar-refractivity contribution >= 4 is 16.7 Å². The lowest BCUT2D eigenvalue weighted by molar-refractivity contribution is -0.152. The van der Waals surface area contributed by atoms with Crippen LogP contribution in [-0.2, 0) is 30.7 Å². The van der Waals surface area contributed by atoms with Crippen LogP contribution in [0.5, 0.6) is 5.75 Å². The molecule has 0 spiro atoms. The molecule has 0 saturated heterocycles. The normalized spacial score (nSPS) is 11.6.